The van der Waals surface area contributed by atoms with Crippen LogP contribution in [0.25, 0.3) is 17.0 Å². The van der Waals surface area contributed by atoms with Crippen LogP contribution in [0.15, 0.2) is 79.3 Å². The predicted octanol–water partition coefficient (Wildman–Crippen LogP) is 7.47. The van der Waals surface area contributed by atoms with Crippen LogP contribution >= 0.6 is 0 Å². The summed E-state index contributed by atoms with van der Waals surface area (Å²) in [5, 5.41) is 8.52. The Labute approximate surface area is 254 Å². The van der Waals surface area contributed by atoms with Crippen LogP contribution in [0.5, 0.6) is 11.6 Å². The summed E-state index contributed by atoms with van der Waals surface area (Å²) in [6.07, 6.45) is 5.36. The van der Waals surface area contributed by atoms with Gasteiger partial charge in [0.25, 0.3) is 0 Å². The van der Waals surface area contributed by atoms with Gasteiger partial charge in [0.1, 0.15) is 23.9 Å². The first-order valence-corrected chi connectivity index (χ1v) is 17.4. The highest BCUT2D eigenvalue weighted by Gasteiger charge is 2.37. The van der Waals surface area contributed by atoms with Crippen molar-refractivity contribution in [1.29, 1.82) is 0 Å². The number of aromatic nitrogens is 5. The average molecular weight is 597 g/mol. The van der Waals surface area contributed by atoms with E-state index >= 15 is 0 Å². The third-order valence-corrected chi connectivity index (χ3v) is 12.5. The molecule has 4 heterocycles. The van der Waals surface area contributed by atoms with E-state index in [1.54, 1.807) is 13.3 Å². The highest BCUT2D eigenvalue weighted by molar-refractivity contribution is 6.74. The Bertz CT molecular complexity index is 1680. The minimum atomic E-state index is -1.87. The van der Waals surface area contributed by atoms with Crippen molar-refractivity contribution in [3.8, 4) is 23.0 Å². The van der Waals surface area contributed by atoms with Crippen LogP contribution in [0, 0.1) is 0 Å². The molecule has 5 aromatic rings. The van der Waals surface area contributed by atoms with Crippen molar-refractivity contribution < 1.29 is 13.9 Å². The lowest BCUT2D eigenvalue weighted by molar-refractivity contribution is 0.276. The van der Waals surface area contributed by atoms with E-state index in [-0.39, 0.29) is 11.1 Å². The number of ether oxygens (including phenoxy) is 2. The van der Waals surface area contributed by atoms with Gasteiger partial charge in [-0.1, -0.05) is 39.0 Å². The van der Waals surface area contributed by atoms with Gasteiger partial charge in [0.05, 0.1) is 31.6 Å². The van der Waals surface area contributed by atoms with E-state index in [0.29, 0.717) is 24.9 Å². The molecule has 4 aromatic heterocycles. The Morgan fingerprint density at radius 1 is 0.907 bits per heavy atom. The molecular weight excluding hydrogens is 556 g/mol. The molecule has 0 aliphatic heterocycles. The standard InChI is InChI=1S/C33H40N6O3Si/c1-23(27-9-8-17-35-32(27)41-21-24-10-12-26(40-5)13-11-24)37-30-14-15-31-36-20-29(39(31)38-30)28-19-25(16-18-34-28)22-42-43(6,7)33(2,3)4/h8-20,23H,21-22H2,1-7H3,(H,37,38). The van der Waals surface area contributed by atoms with E-state index in [1.165, 1.54) is 0 Å². The number of nitrogens with one attached hydrogen (secondary N) is 1. The topological polar surface area (TPSA) is 95.7 Å². The number of pyridine rings is 2. The van der Waals surface area contributed by atoms with E-state index < -0.39 is 8.32 Å². The Hall–Kier alpha value is -4.28. The zero-order chi connectivity index (χ0) is 30.6. The first kappa shape index (κ1) is 30.2. The van der Waals surface area contributed by atoms with Gasteiger partial charge in [0.2, 0.25) is 5.88 Å². The van der Waals surface area contributed by atoms with Crippen LogP contribution in [0.1, 0.15) is 50.4 Å². The number of imidazole rings is 1. The van der Waals surface area contributed by atoms with E-state index in [1.807, 2.05) is 71.5 Å². The van der Waals surface area contributed by atoms with Crippen LogP contribution in [0.3, 0.4) is 0 Å². The molecule has 1 atom stereocenters. The van der Waals surface area contributed by atoms with E-state index in [4.69, 9.17) is 19.0 Å². The summed E-state index contributed by atoms with van der Waals surface area (Å²) in [6, 6.07) is 19.5. The van der Waals surface area contributed by atoms with Crippen LogP contribution in [0.4, 0.5) is 5.82 Å². The summed E-state index contributed by atoms with van der Waals surface area (Å²) in [5.74, 6) is 2.08. The molecule has 0 saturated heterocycles. The molecule has 43 heavy (non-hydrogen) atoms. The SMILES string of the molecule is COc1ccc(COc2ncccc2C(C)Nc2ccc3ncc(-c4cc(CO[Si](C)(C)C(C)(C)C)ccn4)n3n2)cc1. The number of methoxy groups -OCH3 is 1. The zero-order valence-corrected chi connectivity index (χ0v) is 27.0. The second-order valence-corrected chi connectivity index (χ2v) is 16.9. The van der Waals surface area contributed by atoms with Crippen LogP contribution < -0.4 is 14.8 Å². The summed E-state index contributed by atoms with van der Waals surface area (Å²) in [6.45, 7) is 14.3. The average Bonchev–Trinajstić information content (AvgIpc) is 3.42. The predicted molar refractivity (Wildman–Crippen MR) is 172 cm³/mol. The maximum Gasteiger partial charge on any atom is 0.218 e. The molecule has 1 aromatic carbocycles. The number of rotatable bonds is 11. The Morgan fingerprint density at radius 2 is 1.70 bits per heavy atom. The highest BCUT2D eigenvalue weighted by atomic mass is 28.4. The molecule has 5 rings (SSSR count). The smallest absolute Gasteiger partial charge is 0.218 e. The minimum absolute atomic E-state index is 0.120. The van der Waals surface area contributed by atoms with Gasteiger partial charge in [-0.3, -0.25) is 4.98 Å². The van der Waals surface area contributed by atoms with Gasteiger partial charge in [0.15, 0.2) is 14.0 Å². The fourth-order valence-corrected chi connectivity index (χ4v) is 5.30. The lowest BCUT2D eigenvalue weighted by Crippen LogP contribution is -2.40. The maximum absolute atomic E-state index is 6.45. The van der Waals surface area contributed by atoms with Crippen molar-refractivity contribution in [3.05, 3.63) is 95.9 Å². The second-order valence-electron chi connectivity index (χ2n) is 12.1. The van der Waals surface area contributed by atoms with Gasteiger partial charge in [-0.25, -0.2) is 14.5 Å². The molecule has 0 bridgehead atoms. The van der Waals surface area contributed by atoms with Crippen molar-refractivity contribution in [3.63, 3.8) is 0 Å². The first-order valence-electron chi connectivity index (χ1n) is 14.5. The number of anilines is 1. The number of hydrogen-bond donors (Lipinski definition) is 1. The molecule has 9 nitrogen and oxygen atoms in total. The van der Waals surface area contributed by atoms with Gasteiger partial charge >= 0.3 is 0 Å². The molecule has 0 spiro atoms. The number of hydrogen-bond acceptors (Lipinski definition) is 8. The summed E-state index contributed by atoms with van der Waals surface area (Å²) in [7, 11) is -0.219. The van der Waals surface area contributed by atoms with E-state index in [0.717, 1.165) is 39.5 Å². The monoisotopic (exact) mass is 596 g/mol. The van der Waals surface area contributed by atoms with E-state index in [9.17, 15) is 0 Å². The van der Waals surface area contributed by atoms with Crippen molar-refractivity contribution in [2.45, 2.75) is 65.1 Å². The molecule has 224 valence electrons. The van der Waals surface area contributed by atoms with Crippen LogP contribution in [0.2, 0.25) is 18.1 Å². The molecule has 0 aliphatic rings. The number of benzene rings is 1. The molecule has 0 fully saturated rings. The number of nitrogens with zero attached hydrogens (tertiary/aromatic N) is 5. The molecule has 0 aliphatic carbocycles. The Kier molecular flexibility index (Phi) is 8.79. The van der Waals surface area contributed by atoms with Crippen LogP contribution in [-0.2, 0) is 17.6 Å². The third kappa shape index (κ3) is 7.03. The lowest BCUT2D eigenvalue weighted by Gasteiger charge is -2.36. The van der Waals surface area contributed by atoms with Crippen molar-refractivity contribution in [1.82, 2.24) is 24.6 Å². The van der Waals surface area contributed by atoms with Crippen molar-refractivity contribution in [2.24, 2.45) is 0 Å². The van der Waals surface area contributed by atoms with Gasteiger partial charge in [0, 0.05) is 18.0 Å². The Balaban J connectivity index is 1.32. The summed E-state index contributed by atoms with van der Waals surface area (Å²) >= 11 is 0. The molecule has 0 saturated carbocycles. The molecule has 0 amide bonds. The van der Waals surface area contributed by atoms with E-state index in [2.05, 4.69) is 67.1 Å². The molecule has 10 heteroatoms. The summed E-state index contributed by atoms with van der Waals surface area (Å²) in [4.78, 5) is 13.7. The Morgan fingerprint density at radius 3 is 2.44 bits per heavy atom. The highest BCUT2D eigenvalue weighted by Crippen LogP contribution is 2.37. The summed E-state index contributed by atoms with van der Waals surface area (Å²) in [5.41, 5.74) is 5.38. The van der Waals surface area contributed by atoms with Gasteiger partial charge < -0.3 is 19.2 Å². The molecule has 1 N–H and O–H groups in total. The molecule has 1 unspecified atom stereocenters. The fraction of sp³-hybridized carbons (Fsp3) is 0.333. The van der Waals surface area contributed by atoms with Crippen LogP contribution in [-0.4, -0.2) is 40.0 Å². The first-order chi connectivity index (χ1) is 20.5. The van der Waals surface area contributed by atoms with Crippen molar-refractivity contribution in [2.75, 3.05) is 12.4 Å². The number of fused-ring (bicyclic) bond motifs is 1. The zero-order valence-electron chi connectivity index (χ0n) is 26.0. The van der Waals surface area contributed by atoms with Gasteiger partial charge in [-0.05, 0) is 78.6 Å². The molecule has 0 radical (unpaired) electrons. The summed E-state index contributed by atoms with van der Waals surface area (Å²) < 4.78 is 19.6. The maximum atomic E-state index is 6.45. The van der Waals surface area contributed by atoms with Gasteiger partial charge in [-0.2, -0.15) is 0 Å². The second kappa shape index (κ2) is 12.5. The quantitative estimate of drug-likeness (QED) is 0.157. The van der Waals surface area contributed by atoms with Gasteiger partial charge in [-0.15, -0.1) is 5.10 Å². The largest absolute Gasteiger partial charge is 0.497 e. The normalized spacial score (nSPS) is 12.7. The van der Waals surface area contributed by atoms with Crippen molar-refractivity contribution >= 4 is 19.8 Å². The molecular formula is C33H40N6O3Si. The third-order valence-electron chi connectivity index (χ3n) is 8.02. The lowest BCUT2D eigenvalue weighted by atomic mass is 10.1. The fourth-order valence-electron chi connectivity index (χ4n) is 4.34. The minimum Gasteiger partial charge on any atom is -0.497 e.